The average Bonchev–Trinajstić information content (AvgIpc) is 2.42. The molecule has 1 heterocycles. The molecule has 0 N–H and O–H groups in total. The fourth-order valence-corrected chi connectivity index (χ4v) is 2.66. The van der Waals surface area contributed by atoms with Crippen LogP contribution in [0, 0.1) is 0 Å². The summed E-state index contributed by atoms with van der Waals surface area (Å²) in [5.74, 6) is 1.91. The van der Waals surface area contributed by atoms with Gasteiger partial charge in [0, 0.05) is 18.7 Å². The second-order valence-corrected chi connectivity index (χ2v) is 5.29. The van der Waals surface area contributed by atoms with E-state index >= 15 is 0 Å². The summed E-state index contributed by atoms with van der Waals surface area (Å²) in [7, 11) is 1.64. The topological polar surface area (TPSA) is 27.7 Å². The summed E-state index contributed by atoms with van der Waals surface area (Å²) in [5, 5.41) is 0. The number of benzene rings is 1. The van der Waals surface area contributed by atoms with Crippen molar-refractivity contribution >= 4 is 27.5 Å². The van der Waals surface area contributed by atoms with E-state index in [1.165, 1.54) is 0 Å². The Morgan fingerprint density at radius 3 is 2.72 bits per heavy atom. The lowest BCUT2D eigenvalue weighted by atomic mass is 10.1. The van der Waals surface area contributed by atoms with Gasteiger partial charge in [0.05, 0.1) is 24.8 Å². The Balaban J connectivity index is 2.19. The molecule has 5 heteroatoms. The maximum Gasteiger partial charge on any atom is 0.175 e. The molecule has 1 aliphatic heterocycles. The Labute approximate surface area is 120 Å². The van der Waals surface area contributed by atoms with Gasteiger partial charge in [-0.1, -0.05) is 0 Å². The summed E-state index contributed by atoms with van der Waals surface area (Å²) in [6.07, 6.45) is 2.01. The van der Waals surface area contributed by atoms with Crippen molar-refractivity contribution in [2.75, 3.05) is 20.3 Å². The third-order valence-corrected chi connectivity index (χ3v) is 3.79. The first-order valence-corrected chi connectivity index (χ1v) is 7.24. The minimum atomic E-state index is 0.186. The van der Waals surface area contributed by atoms with Crippen LogP contribution in [0.3, 0.4) is 0 Å². The quantitative estimate of drug-likeness (QED) is 0.784. The van der Waals surface area contributed by atoms with E-state index in [0.717, 1.165) is 41.8 Å². The van der Waals surface area contributed by atoms with Gasteiger partial charge in [0.2, 0.25) is 0 Å². The molecule has 1 fully saturated rings. The molecule has 1 saturated heterocycles. The molecule has 0 radical (unpaired) electrons. The summed E-state index contributed by atoms with van der Waals surface area (Å²) in [4.78, 5) is 0. The molecule has 0 saturated carbocycles. The third kappa shape index (κ3) is 3.31. The van der Waals surface area contributed by atoms with Gasteiger partial charge < -0.3 is 14.2 Å². The van der Waals surface area contributed by atoms with Crippen LogP contribution in [-0.2, 0) is 10.6 Å². The number of rotatable bonds is 4. The van der Waals surface area contributed by atoms with Gasteiger partial charge in [-0.15, -0.1) is 11.6 Å². The number of hydrogen-bond acceptors (Lipinski definition) is 3. The summed E-state index contributed by atoms with van der Waals surface area (Å²) >= 11 is 9.35. The third-order valence-electron chi connectivity index (χ3n) is 2.90. The number of ether oxygens (including phenoxy) is 3. The molecule has 1 aromatic carbocycles. The maximum absolute atomic E-state index is 6.01. The van der Waals surface area contributed by atoms with Crippen LogP contribution in [0.1, 0.15) is 18.4 Å². The zero-order valence-corrected chi connectivity index (χ0v) is 12.6. The highest BCUT2D eigenvalue weighted by molar-refractivity contribution is 9.10. The Morgan fingerprint density at radius 1 is 1.39 bits per heavy atom. The average molecular weight is 336 g/mol. The molecule has 0 atom stereocenters. The first-order valence-electron chi connectivity index (χ1n) is 5.91. The summed E-state index contributed by atoms with van der Waals surface area (Å²) in [5.41, 5.74) is 1.000. The number of halogens is 2. The van der Waals surface area contributed by atoms with E-state index in [-0.39, 0.29) is 6.10 Å². The van der Waals surface area contributed by atoms with E-state index < -0.39 is 0 Å². The van der Waals surface area contributed by atoms with Gasteiger partial charge >= 0.3 is 0 Å². The minimum Gasteiger partial charge on any atom is -0.493 e. The van der Waals surface area contributed by atoms with E-state index in [4.69, 9.17) is 25.8 Å². The molecular weight excluding hydrogens is 319 g/mol. The molecule has 0 aromatic heterocycles. The predicted molar refractivity (Wildman–Crippen MR) is 74.7 cm³/mol. The fraction of sp³-hybridized carbons (Fsp3) is 0.538. The summed E-state index contributed by atoms with van der Waals surface area (Å²) in [6, 6.07) is 3.87. The molecule has 0 aliphatic carbocycles. The van der Waals surface area contributed by atoms with Crippen molar-refractivity contribution in [1.82, 2.24) is 0 Å². The highest BCUT2D eigenvalue weighted by Crippen LogP contribution is 2.38. The van der Waals surface area contributed by atoms with Crippen LogP contribution in [0.4, 0.5) is 0 Å². The van der Waals surface area contributed by atoms with Gasteiger partial charge in [0.1, 0.15) is 6.10 Å². The van der Waals surface area contributed by atoms with Crippen molar-refractivity contribution in [3.05, 3.63) is 22.2 Å². The summed E-state index contributed by atoms with van der Waals surface area (Å²) in [6.45, 7) is 1.51. The van der Waals surface area contributed by atoms with E-state index in [0.29, 0.717) is 11.6 Å². The number of hydrogen-bond donors (Lipinski definition) is 0. The monoisotopic (exact) mass is 334 g/mol. The Hall–Kier alpha value is -0.450. The minimum absolute atomic E-state index is 0.186. The first kappa shape index (κ1) is 14.0. The van der Waals surface area contributed by atoms with Gasteiger partial charge in [-0.3, -0.25) is 0 Å². The lowest BCUT2D eigenvalue weighted by Crippen LogP contribution is -2.26. The van der Waals surface area contributed by atoms with Crippen molar-refractivity contribution in [3.63, 3.8) is 0 Å². The Morgan fingerprint density at radius 2 is 2.11 bits per heavy atom. The van der Waals surface area contributed by atoms with E-state index in [9.17, 15) is 0 Å². The van der Waals surface area contributed by atoms with Crippen LogP contribution < -0.4 is 9.47 Å². The predicted octanol–water partition coefficient (Wildman–Crippen LogP) is 3.75. The normalized spacial score (nSPS) is 16.6. The largest absolute Gasteiger partial charge is 0.493 e. The number of methoxy groups -OCH3 is 1. The lowest BCUT2D eigenvalue weighted by Gasteiger charge is -2.25. The van der Waals surface area contributed by atoms with Crippen molar-refractivity contribution in [2.24, 2.45) is 0 Å². The van der Waals surface area contributed by atoms with Crippen LogP contribution in [0.2, 0.25) is 0 Å². The maximum atomic E-state index is 6.01. The van der Waals surface area contributed by atoms with Crippen LogP contribution in [0.25, 0.3) is 0 Å². The molecule has 0 amide bonds. The van der Waals surface area contributed by atoms with Crippen LogP contribution in [0.15, 0.2) is 16.6 Å². The number of alkyl halides is 1. The highest BCUT2D eigenvalue weighted by atomic mass is 79.9. The first-order chi connectivity index (χ1) is 8.74. The fourth-order valence-electron chi connectivity index (χ4n) is 1.93. The lowest BCUT2D eigenvalue weighted by molar-refractivity contribution is 0.0242. The van der Waals surface area contributed by atoms with Crippen LogP contribution in [-0.4, -0.2) is 26.4 Å². The second kappa shape index (κ2) is 6.64. The Kier molecular flexibility index (Phi) is 5.15. The van der Waals surface area contributed by atoms with Gasteiger partial charge in [0.15, 0.2) is 11.5 Å². The van der Waals surface area contributed by atoms with Gasteiger partial charge in [-0.2, -0.15) is 0 Å². The van der Waals surface area contributed by atoms with E-state index in [1.807, 2.05) is 12.1 Å². The van der Waals surface area contributed by atoms with Crippen molar-refractivity contribution in [2.45, 2.75) is 24.8 Å². The smallest absolute Gasteiger partial charge is 0.175 e. The van der Waals surface area contributed by atoms with E-state index in [2.05, 4.69) is 15.9 Å². The van der Waals surface area contributed by atoms with Gasteiger partial charge in [-0.25, -0.2) is 0 Å². The van der Waals surface area contributed by atoms with Crippen molar-refractivity contribution < 1.29 is 14.2 Å². The molecule has 1 aliphatic rings. The molecule has 0 spiro atoms. The van der Waals surface area contributed by atoms with Gasteiger partial charge in [-0.05, 0) is 33.6 Å². The molecule has 2 rings (SSSR count). The molecular formula is C13H16BrClO3. The molecule has 0 bridgehead atoms. The molecule has 100 valence electrons. The van der Waals surface area contributed by atoms with Crippen molar-refractivity contribution in [3.8, 4) is 11.5 Å². The molecule has 1 aromatic rings. The SMILES string of the molecule is COc1cc(CCl)cc(Br)c1OC1CCOCC1. The zero-order chi connectivity index (χ0) is 13.0. The highest BCUT2D eigenvalue weighted by Gasteiger charge is 2.19. The van der Waals surface area contributed by atoms with Gasteiger partial charge in [0.25, 0.3) is 0 Å². The summed E-state index contributed by atoms with van der Waals surface area (Å²) < 4.78 is 17.6. The zero-order valence-electron chi connectivity index (χ0n) is 10.2. The standard InChI is InChI=1S/C13H16BrClO3/c1-16-12-7-9(8-15)6-11(14)13(12)18-10-2-4-17-5-3-10/h6-7,10H,2-5,8H2,1H3. The van der Waals surface area contributed by atoms with E-state index in [1.54, 1.807) is 7.11 Å². The van der Waals surface area contributed by atoms with Crippen LogP contribution >= 0.6 is 27.5 Å². The Bertz CT molecular complexity index is 405. The molecule has 18 heavy (non-hydrogen) atoms. The van der Waals surface area contributed by atoms with Crippen LogP contribution in [0.5, 0.6) is 11.5 Å². The molecule has 3 nitrogen and oxygen atoms in total. The molecule has 0 unspecified atom stereocenters. The second-order valence-electron chi connectivity index (χ2n) is 4.17. The van der Waals surface area contributed by atoms with Crippen molar-refractivity contribution in [1.29, 1.82) is 0 Å².